The third-order valence-corrected chi connectivity index (χ3v) is 4.87. The highest BCUT2D eigenvalue weighted by Gasteiger charge is 2.26. The molecule has 0 bridgehead atoms. The number of carbonyl (C=O) groups is 2. The summed E-state index contributed by atoms with van der Waals surface area (Å²) in [6, 6.07) is 10.3. The van der Waals surface area contributed by atoms with E-state index in [2.05, 4.69) is 5.32 Å². The Morgan fingerprint density at radius 3 is 2.32 bits per heavy atom. The summed E-state index contributed by atoms with van der Waals surface area (Å²) in [6.45, 7) is 2.07. The van der Waals surface area contributed by atoms with E-state index >= 15 is 0 Å². The molecule has 0 aliphatic carbocycles. The van der Waals surface area contributed by atoms with Crippen molar-refractivity contribution in [2.45, 2.75) is 32.4 Å². The zero-order valence-electron chi connectivity index (χ0n) is 18.1. The van der Waals surface area contributed by atoms with Crippen molar-refractivity contribution >= 4 is 11.8 Å². The number of ether oxygens (including phenoxy) is 2. The van der Waals surface area contributed by atoms with Gasteiger partial charge in [0.25, 0.3) is 0 Å². The van der Waals surface area contributed by atoms with Crippen LogP contribution in [0.25, 0.3) is 0 Å². The Balaban J connectivity index is 2.22. The average molecular weight is 432 g/mol. The fourth-order valence-electron chi connectivity index (χ4n) is 3.07. The molecule has 0 saturated carbocycles. The van der Waals surface area contributed by atoms with Crippen molar-refractivity contribution in [2.75, 3.05) is 27.4 Å². The maximum Gasteiger partial charge on any atom is 0.242 e. The van der Waals surface area contributed by atoms with Gasteiger partial charge in [-0.3, -0.25) is 9.59 Å². The van der Waals surface area contributed by atoms with E-state index in [1.54, 1.807) is 37.3 Å². The Labute approximate surface area is 181 Å². The number of halogens is 1. The quantitative estimate of drug-likeness (QED) is 0.532. The minimum absolute atomic E-state index is 0.0355. The van der Waals surface area contributed by atoms with Gasteiger partial charge >= 0.3 is 0 Å². The van der Waals surface area contributed by atoms with E-state index in [4.69, 9.17) is 14.6 Å². The van der Waals surface area contributed by atoms with Crippen molar-refractivity contribution < 1.29 is 28.6 Å². The van der Waals surface area contributed by atoms with Crippen molar-refractivity contribution in [1.82, 2.24) is 10.2 Å². The van der Waals surface area contributed by atoms with Gasteiger partial charge in [0.1, 0.15) is 11.9 Å². The lowest BCUT2D eigenvalue weighted by molar-refractivity contribution is -0.140. The van der Waals surface area contributed by atoms with E-state index in [-0.39, 0.29) is 37.2 Å². The third kappa shape index (κ3) is 6.96. The molecule has 2 aromatic carbocycles. The minimum Gasteiger partial charge on any atom is -0.493 e. The zero-order valence-corrected chi connectivity index (χ0v) is 18.1. The number of nitrogens with one attached hydrogen (secondary N) is 1. The van der Waals surface area contributed by atoms with E-state index in [0.29, 0.717) is 35.6 Å². The summed E-state index contributed by atoms with van der Waals surface area (Å²) in [5.74, 6) is 0.102. The Morgan fingerprint density at radius 2 is 1.71 bits per heavy atom. The summed E-state index contributed by atoms with van der Waals surface area (Å²) in [5, 5.41) is 11.6. The Kier molecular flexibility index (Phi) is 9.27. The molecule has 7 nitrogen and oxygen atoms in total. The number of hydrogen-bond acceptors (Lipinski definition) is 5. The van der Waals surface area contributed by atoms with Crippen LogP contribution in [0.15, 0.2) is 42.5 Å². The molecule has 0 fully saturated rings. The predicted molar refractivity (Wildman–Crippen MR) is 114 cm³/mol. The molecule has 2 rings (SSSR count). The number of hydrogen-bond donors (Lipinski definition) is 2. The lowest BCUT2D eigenvalue weighted by Gasteiger charge is -2.29. The van der Waals surface area contributed by atoms with Crippen molar-refractivity contribution in [3.63, 3.8) is 0 Å². The summed E-state index contributed by atoms with van der Waals surface area (Å²) in [7, 11) is 3.05. The molecule has 0 aliphatic heterocycles. The molecule has 0 aromatic heterocycles. The Morgan fingerprint density at radius 1 is 1.06 bits per heavy atom. The number of nitrogens with zero attached hydrogens (tertiary/aromatic N) is 1. The molecular formula is C23H29FN2O5. The highest BCUT2D eigenvalue weighted by molar-refractivity contribution is 5.88. The smallest absolute Gasteiger partial charge is 0.242 e. The molecule has 0 radical (unpaired) electrons. The van der Waals surface area contributed by atoms with E-state index in [1.165, 1.54) is 31.3 Å². The largest absolute Gasteiger partial charge is 0.493 e. The van der Waals surface area contributed by atoms with Crippen molar-refractivity contribution in [2.24, 2.45) is 0 Å². The van der Waals surface area contributed by atoms with Crippen LogP contribution in [0.4, 0.5) is 4.39 Å². The lowest BCUT2D eigenvalue weighted by atomic mass is 10.1. The molecular weight excluding hydrogens is 403 g/mol. The van der Waals surface area contributed by atoms with Gasteiger partial charge in [0.15, 0.2) is 11.5 Å². The molecule has 2 N–H and O–H groups in total. The molecule has 31 heavy (non-hydrogen) atoms. The summed E-state index contributed by atoms with van der Waals surface area (Å²) < 4.78 is 23.8. The van der Waals surface area contributed by atoms with Gasteiger partial charge in [0, 0.05) is 19.7 Å². The minimum atomic E-state index is -0.753. The fourth-order valence-corrected chi connectivity index (χ4v) is 3.07. The Bertz CT molecular complexity index is 873. The highest BCUT2D eigenvalue weighted by atomic mass is 19.1. The SMILES string of the molecule is COc1ccc(CC(=O)N(Cc2ccc(F)cc2)C(C)C(=O)NCCCO)cc1OC. The van der Waals surface area contributed by atoms with Crippen molar-refractivity contribution in [3.8, 4) is 11.5 Å². The van der Waals surface area contributed by atoms with Crippen LogP contribution in [-0.2, 0) is 22.6 Å². The first-order valence-corrected chi connectivity index (χ1v) is 10.0. The van der Waals surface area contributed by atoms with Crippen LogP contribution in [0.5, 0.6) is 11.5 Å². The molecule has 1 atom stereocenters. The van der Waals surface area contributed by atoms with Crippen LogP contribution >= 0.6 is 0 Å². The second-order valence-corrected chi connectivity index (χ2v) is 7.06. The molecule has 0 spiro atoms. The van der Waals surface area contributed by atoms with Gasteiger partial charge in [-0.1, -0.05) is 18.2 Å². The summed E-state index contributed by atoms with van der Waals surface area (Å²) in [4.78, 5) is 27.2. The normalized spacial score (nSPS) is 11.5. The number of amides is 2. The van der Waals surface area contributed by atoms with Crippen molar-refractivity contribution in [3.05, 3.63) is 59.4 Å². The monoisotopic (exact) mass is 432 g/mol. The molecule has 168 valence electrons. The number of rotatable bonds is 11. The second-order valence-electron chi connectivity index (χ2n) is 7.06. The van der Waals surface area contributed by atoms with Crippen LogP contribution in [-0.4, -0.2) is 55.2 Å². The van der Waals surface area contributed by atoms with Gasteiger partial charge in [-0.25, -0.2) is 4.39 Å². The van der Waals surface area contributed by atoms with Crippen LogP contribution in [0, 0.1) is 5.82 Å². The summed E-state index contributed by atoms with van der Waals surface area (Å²) in [5.41, 5.74) is 1.41. The van der Waals surface area contributed by atoms with Gasteiger partial charge in [-0.05, 0) is 48.7 Å². The van der Waals surface area contributed by atoms with E-state index in [9.17, 15) is 14.0 Å². The zero-order chi connectivity index (χ0) is 22.8. The van der Waals surface area contributed by atoms with Crippen LogP contribution in [0.3, 0.4) is 0 Å². The molecule has 0 heterocycles. The maximum absolute atomic E-state index is 13.3. The highest BCUT2D eigenvalue weighted by Crippen LogP contribution is 2.28. The fraction of sp³-hybridized carbons (Fsp3) is 0.391. The number of methoxy groups -OCH3 is 2. The van der Waals surface area contributed by atoms with E-state index < -0.39 is 6.04 Å². The predicted octanol–water partition coefficient (Wildman–Crippen LogP) is 2.30. The van der Waals surface area contributed by atoms with Gasteiger partial charge in [0.2, 0.25) is 11.8 Å². The van der Waals surface area contributed by atoms with Crippen LogP contribution in [0.1, 0.15) is 24.5 Å². The number of aliphatic hydroxyl groups is 1. The summed E-state index contributed by atoms with van der Waals surface area (Å²) in [6.07, 6.45) is 0.478. The van der Waals surface area contributed by atoms with E-state index in [0.717, 1.165) is 0 Å². The molecule has 8 heteroatoms. The summed E-state index contributed by atoms with van der Waals surface area (Å²) >= 11 is 0. The number of benzene rings is 2. The number of aliphatic hydroxyl groups excluding tert-OH is 1. The maximum atomic E-state index is 13.3. The first-order valence-electron chi connectivity index (χ1n) is 10.0. The van der Waals surface area contributed by atoms with Gasteiger partial charge in [-0.15, -0.1) is 0 Å². The van der Waals surface area contributed by atoms with E-state index in [1.807, 2.05) is 0 Å². The topological polar surface area (TPSA) is 88.1 Å². The van der Waals surface area contributed by atoms with Crippen molar-refractivity contribution in [1.29, 1.82) is 0 Å². The van der Waals surface area contributed by atoms with Crippen LogP contribution in [0.2, 0.25) is 0 Å². The average Bonchev–Trinajstić information content (AvgIpc) is 2.78. The molecule has 2 aromatic rings. The van der Waals surface area contributed by atoms with Gasteiger partial charge in [0.05, 0.1) is 20.6 Å². The number of carbonyl (C=O) groups excluding carboxylic acids is 2. The molecule has 1 unspecified atom stereocenters. The molecule has 0 aliphatic rings. The van der Waals surface area contributed by atoms with Gasteiger partial charge < -0.3 is 24.8 Å². The lowest BCUT2D eigenvalue weighted by Crippen LogP contribution is -2.48. The first kappa shape index (κ1) is 24.1. The molecule has 2 amide bonds. The molecule has 0 saturated heterocycles. The second kappa shape index (κ2) is 11.9. The standard InChI is InChI=1S/C23H29FN2O5/c1-16(23(29)25-11-4-12-27)26(15-17-5-8-19(24)9-6-17)22(28)14-18-7-10-20(30-2)21(13-18)31-3/h5-10,13,16,27H,4,11-12,14-15H2,1-3H3,(H,25,29). The Hall–Kier alpha value is -3.13. The van der Waals surface area contributed by atoms with Gasteiger partial charge in [-0.2, -0.15) is 0 Å². The first-order chi connectivity index (χ1) is 14.9. The van der Waals surface area contributed by atoms with Crippen LogP contribution < -0.4 is 14.8 Å². The third-order valence-electron chi connectivity index (χ3n) is 4.87.